The third-order valence-electron chi connectivity index (χ3n) is 2.96. The van der Waals surface area contributed by atoms with Gasteiger partial charge in [0.25, 0.3) is 0 Å². The van der Waals surface area contributed by atoms with Crippen molar-refractivity contribution in [2.24, 2.45) is 0 Å². The molecule has 0 fully saturated rings. The van der Waals surface area contributed by atoms with Crippen LogP contribution in [-0.4, -0.2) is 6.29 Å². The van der Waals surface area contributed by atoms with E-state index >= 15 is 0 Å². The molecule has 0 saturated carbocycles. The van der Waals surface area contributed by atoms with E-state index in [0.29, 0.717) is 17.7 Å². The molecule has 2 aromatic carbocycles. The van der Waals surface area contributed by atoms with Crippen molar-refractivity contribution in [3.05, 3.63) is 71.0 Å². The van der Waals surface area contributed by atoms with E-state index in [-0.39, 0.29) is 11.9 Å². The minimum atomic E-state index is -0.365. The summed E-state index contributed by atoms with van der Waals surface area (Å²) in [5.74, 6) is -0.365. The van der Waals surface area contributed by atoms with Gasteiger partial charge in [0.05, 0.1) is 12.7 Å². The van der Waals surface area contributed by atoms with E-state index in [2.05, 4.69) is 0 Å². The molecule has 0 saturated heterocycles. The Morgan fingerprint density at radius 3 is 2.63 bits per heavy atom. The lowest BCUT2D eigenvalue weighted by atomic mass is 10.0. The maximum atomic E-state index is 13.2. The van der Waals surface area contributed by atoms with Gasteiger partial charge in [0.15, 0.2) is 0 Å². The standard InChI is InChI=1S/C16H15FO2/c1-12(19-11-13-5-3-2-4-6-13)16-9-15(17)8-7-14(16)10-18/h2-10,12H,11H2,1H3/t12-/m0/s1. The Bertz CT molecular complexity index is 552. The fourth-order valence-corrected chi connectivity index (χ4v) is 1.89. The van der Waals surface area contributed by atoms with E-state index in [1.54, 1.807) is 0 Å². The van der Waals surface area contributed by atoms with Crippen LogP contribution in [0.1, 0.15) is 34.5 Å². The van der Waals surface area contributed by atoms with Gasteiger partial charge in [-0.2, -0.15) is 0 Å². The molecule has 0 heterocycles. The molecule has 0 unspecified atom stereocenters. The Kier molecular flexibility index (Phi) is 4.42. The van der Waals surface area contributed by atoms with Crippen LogP contribution in [0.15, 0.2) is 48.5 Å². The van der Waals surface area contributed by atoms with Gasteiger partial charge >= 0.3 is 0 Å². The Morgan fingerprint density at radius 2 is 1.95 bits per heavy atom. The molecule has 0 spiro atoms. The van der Waals surface area contributed by atoms with Gasteiger partial charge in [0.2, 0.25) is 0 Å². The van der Waals surface area contributed by atoms with Gasteiger partial charge in [-0.25, -0.2) is 4.39 Å². The fourth-order valence-electron chi connectivity index (χ4n) is 1.89. The quantitative estimate of drug-likeness (QED) is 0.760. The number of aldehydes is 1. The van der Waals surface area contributed by atoms with Crippen molar-refractivity contribution < 1.29 is 13.9 Å². The van der Waals surface area contributed by atoms with E-state index in [1.165, 1.54) is 18.2 Å². The highest BCUT2D eigenvalue weighted by molar-refractivity contribution is 5.77. The third-order valence-corrected chi connectivity index (χ3v) is 2.96. The van der Waals surface area contributed by atoms with Gasteiger partial charge in [-0.05, 0) is 36.2 Å². The molecule has 3 heteroatoms. The van der Waals surface area contributed by atoms with Crippen molar-refractivity contribution in [2.45, 2.75) is 19.6 Å². The highest BCUT2D eigenvalue weighted by Gasteiger charge is 2.12. The predicted octanol–water partition coefficient (Wildman–Crippen LogP) is 3.92. The van der Waals surface area contributed by atoms with E-state index < -0.39 is 0 Å². The topological polar surface area (TPSA) is 26.3 Å². The molecule has 1 atom stereocenters. The molecule has 0 aliphatic rings. The first-order valence-electron chi connectivity index (χ1n) is 6.11. The Morgan fingerprint density at radius 1 is 1.21 bits per heavy atom. The number of halogens is 1. The van der Waals surface area contributed by atoms with Crippen LogP contribution in [-0.2, 0) is 11.3 Å². The molecule has 19 heavy (non-hydrogen) atoms. The summed E-state index contributed by atoms with van der Waals surface area (Å²) in [5.41, 5.74) is 2.08. The Labute approximate surface area is 111 Å². The zero-order chi connectivity index (χ0) is 13.7. The Hall–Kier alpha value is -2.00. The number of hydrogen-bond acceptors (Lipinski definition) is 2. The number of carbonyl (C=O) groups excluding carboxylic acids is 1. The number of hydrogen-bond donors (Lipinski definition) is 0. The maximum Gasteiger partial charge on any atom is 0.150 e. The predicted molar refractivity (Wildman–Crippen MR) is 71.4 cm³/mol. The molecule has 2 rings (SSSR count). The van der Waals surface area contributed by atoms with Crippen LogP contribution < -0.4 is 0 Å². The fraction of sp³-hybridized carbons (Fsp3) is 0.188. The second-order valence-electron chi connectivity index (χ2n) is 4.33. The van der Waals surface area contributed by atoms with Gasteiger partial charge in [-0.15, -0.1) is 0 Å². The van der Waals surface area contributed by atoms with Crippen molar-refractivity contribution >= 4 is 6.29 Å². The van der Waals surface area contributed by atoms with Gasteiger partial charge in [0.1, 0.15) is 12.1 Å². The van der Waals surface area contributed by atoms with Gasteiger partial charge in [-0.3, -0.25) is 4.79 Å². The lowest BCUT2D eigenvalue weighted by molar-refractivity contribution is 0.0517. The highest BCUT2D eigenvalue weighted by Crippen LogP contribution is 2.22. The smallest absolute Gasteiger partial charge is 0.150 e. The van der Waals surface area contributed by atoms with Gasteiger partial charge in [-0.1, -0.05) is 30.3 Å². The summed E-state index contributed by atoms with van der Waals surface area (Å²) in [5, 5.41) is 0. The molecule has 0 aliphatic heterocycles. The minimum absolute atomic E-state index is 0.337. The van der Waals surface area contributed by atoms with Crippen molar-refractivity contribution in [3.8, 4) is 0 Å². The molecule has 2 aromatic rings. The molecule has 0 aromatic heterocycles. The lowest BCUT2D eigenvalue weighted by Crippen LogP contribution is -2.04. The summed E-state index contributed by atoms with van der Waals surface area (Å²) in [7, 11) is 0. The monoisotopic (exact) mass is 258 g/mol. The summed E-state index contributed by atoms with van der Waals surface area (Å²) in [4.78, 5) is 10.9. The first-order valence-corrected chi connectivity index (χ1v) is 6.11. The van der Waals surface area contributed by atoms with Crippen LogP contribution in [0.5, 0.6) is 0 Å². The average molecular weight is 258 g/mol. The second-order valence-corrected chi connectivity index (χ2v) is 4.33. The van der Waals surface area contributed by atoms with Crippen LogP contribution in [0.25, 0.3) is 0 Å². The average Bonchev–Trinajstić information content (AvgIpc) is 2.46. The zero-order valence-corrected chi connectivity index (χ0v) is 10.7. The van der Waals surface area contributed by atoms with E-state index in [1.807, 2.05) is 37.3 Å². The summed E-state index contributed by atoms with van der Waals surface area (Å²) in [6.07, 6.45) is 0.382. The summed E-state index contributed by atoms with van der Waals surface area (Å²) < 4.78 is 18.9. The molecular formula is C16H15FO2. The number of rotatable bonds is 5. The minimum Gasteiger partial charge on any atom is -0.369 e. The van der Waals surface area contributed by atoms with Gasteiger partial charge < -0.3 is 4.74 Å². The van der Waals surface area contributed by atoms with E-state index in [0.717, 1.165) is 11.8 Å². The number of carbonyl (C=O) groups is 1. The summed E-state index contributed by atoms with van der Waals surface area (Å²) in [6.45, 7) is 2.24. The van der Waals surface area contributed by atoms with Crippen molar-refractivity contribution in [1.82, 2.24) is 0 Å². The Balaban J connectivity index is 2.09. The van der Waals surface area contributed by atoms with Crippen LogP contribution in [0.4, 0.5) is 4.39 Å². The molecule has 0 N–H and O–H groups in total. The number of ether oxygens (including phenoxy) is 1. The van der Waals surface area contributed by atoms with Crippen LogP contribution >= 0.6 is 0 Å². The van der Waals surface area contributed by atoms with Crippen LogP contribution in [0.2, 0.25) is 0 Å². The van der Waals surface area contributed by atoms with E-state index in [4.69, 9.17) is 4.74 Å². The highest BCUT2D eigenvalue weighted by atomic mass is 19.1. The summed E-state index contributed by atoms with van der Waals surface area (Å²) >= 11 is 0. The van der Waals surface area contributed by atoms with E-state index in [9.17, 15) is 9.18 Å². The van der Waals surface area contributed by atoms with Crippen LogP contribution in [0.3, 0.4) is 0 Å². The molecule has 2 nitrogen and oxygen atoms in total. The number of benzene rings is 2. The SMILES string of the molecule is C[C@H](OCc1ccccc1)c1cc(F)ccc1C=O. The summed E-state index contributed by atoms with van der Waals surface area (Å²) in [6, 6.07) is 13.8. The second kappa shape index (κ2) is 6.25. The molecule has 0 aliphatic carbocycles. The molecule has 0 radical (unpaired) electrons. The normalized spacial score (nSPS) is 12.1. The zero-order valence-electron chi connectivity index (χ0n) is 10.7. The van der Waals surface area contributed by atoms with Crippen molar-refractivity contribution in [3.63, 3.8) is 0 Å². The lowest BCUT2D eigenvalue weighted by Gasteiger charge is -2.15. The van der Waals surface area contributed by atoms with Crippen molar-refractivity contribution in [2.75, 3.05) is 0 Å². The van der Waals surface area contributed by atoms with Gasteiger partial charge in [0, 0.05) is 5.56 Å². The largest absolute Gasteiger partial charge is 0.369 e. The molecule has 0 amide bonds. The van der Waals surface area contributed by atoms with Crippen LogP contribution in [0, 0.1) is 5.82 Å². The first kappa shape index (κ1) is 13.4. The maximum absolute atomic E-state index is 13.2. The molecule has 0 bridgehead atoms. The first-order chi connectivity index (χ1) is 9.20. The third kappa shape index (κ3) is 3.48. The molecular weight excluding hydrogens is 243 g/mol. The van der Waals surface area contributed by atoms with Crippen molar-refractivity contribution in [1.29, 1.82) is 0 Å². The molecule has 98 valence electrons.